The van der Waals surface area contributed by atoms with Crippen molar-refractivity contribution in [3.63, 3.8) is 0 Å². The fourth-order valence-electron chi connectivity index (χ4n) is 1.17. The highest BCUT2D eigenvalue weighted by atomic mass is 35.5. The Morgan fingerprint density at radius 2 is 2.12 bits per heavy atom. The first-order valence-corrected chi connectivity index (χ1v) is 6.85. The minimum absolute atomic E-state index is 0.253. The van der Waals surface area contributed by atoms with Gasteiger partial charge in [0.15, 0.2) is 0 Å². The fourth-order valence-corrected chi connectivity index (χ4v) is 2.38. The third-order valence-corrected chi connectivity index (χ3v) is 3.55. The van der Waals surface area contributed by atoms with Crippen LogP contribution < -0.4 is 4.72 Å². The van der Waals surface area contributed by atoms with Gasteiger partial charge in [-0.3, -0.25) is 0 Å². The van der Waals surface area contributed by atoms with Crippen LogP contribution in [0.5, 0.6) is 0 Å². The zero-order valence-corrected chi connectivity index (χ0v) is 10.6. The summed E-state index contributed by atoms with van der Waals surface area (Å²) in [7, 11) is -3.41. The average Bonchev–Trinajstić information content (AvgIpc) is 2.24. The number of allylic oxidation sites excluding steroid dienone is 1. The predicted octanol–water partition coefficient (Wildman–Crippen LogP) is 2.07. The van der Waals surface area contributed by atoms with Gasteiger partial charge in [0.2, 0.25) is 10.0 Å². The molecular formula is C11H14ClNO2S. The van der Waals surface area contributed by atoms with Crippen LogP contribution in [-0.4, -0.2) is 20.8 Å². The second kappa shape index (κ2) is 6.03. The van der Waals surface area contributed by atoms with Gasteiger partial charge in [0.05, 0.1) is 4.90 Å². The third kappa shape index (κ3) is 3.96. The Kier molecular flexibility index (Phi) is 4.99. The summed E-state index contributed by atoms with van der Waals surface area (Å²) in [5.74, 6) is 0.381. The molecule has 0 heterocycles. The van der Waals surface area contributed by atoms with Crippen LogP contribution in [0.1, 0.15) is 5.56 Å². The molecule has 0 aliphatic carbocycles. The molecule has 3 nitrogen and oxygen atoms in total. The van der Waals surface area contributed by atoms with Gasteiger partial charge in [-0.15, -0.1) is 11.6 Å². The van der Waals surface area contributed by atoms with E-state index in [1.807, 2.05) is 13.0 Å². The van der Waals surface area contributed by atoms with Crippen molar-refractivity contribution in [3.05, 3.63) is 42.0 Å². The summed E-state index contributed by atoms with van der Waals surface area (Å²) in [5.41, 5.74) is 0.916. The topological polar surface area (TPSA) is 46.2 Å². The maximum Gasteiger partial charge on any atom is 0.240 e. The fraction of sp³-hybridized carbons (Fsp3) is 0.273. The summed E-state index contributed by atoms with van der Waals surface area (Å²) in [6.07, 6.45) is 3.38. The molecule has 5 heteroatoms. The van der Waals surface area contributed by atoms with Crippen LogP contribution in [0.3, 0.4) is 0 Å². The van der Waals surface area contributed by atoms with Crippen molar-refractivity contribution >= 4 is 21.6 Å². The summed E-state index contributed by atoms with van der Waals surface area (Å²) in [4.78, 5) is 0.284. The van der Waals surface area contributed by atoms with Crippen LogP contribution in [0.15, 0.2) is 41.3 Å². The SMILES string of the molecule is Cc1cccc(S(=O)(=O)NC/C=C/CCl)c1. The molecule has 0 spiro atoms. The first kappa shape index (κ1) is 13.2. The molecule has 0 atom stereocenters. The number of hydrogen-bond acceptors (Lipinski definition) is 2. The average molecular weight is 260 g/mol. The number of halogens is 1. The molecule has 1 N–H and O–H groups in total. The lowest BCUT2D eigenvalue weighted by Crippen LogP contribution is -2.23. The number of aryl methyl sites for hydroxylation is 1. The zero-order chi connectivity index (χ0) is 12.0. The molecule has 0 aliphatic rings. The second-order valence-corrected chi connectivity index (χ2v) is 5.37. The van der Waals surface area contributed by atoms with E-state index in [-0.39, 0.29) is 11.4 Å². The Morgan fingerprint density at radius 1 is 1.38 bits per heavy atom. The van der Waals surface area contributed by atoms with Crippen LogP contribution in [-0.2, 0) is 10.0 Å². The first-order chi connectivity index (χ1) is 7.56. The molecule has 0 aliphatic heterocycles. The van der Waals surface area contributed by atoms with E-state index in [0.717, 1.165) is 5.56 Å². The minimum atomic E-state index is -3.41. The summed E-state index contributed by atoms with van der Waals surface area (Å²) >= 11 is 5.43. The van der Waals surface area contributed by atoms with Crippen molar-refractivity contribution in [2.24, 2.45) is 0 Å². The van der Waals surface area contributed by atoms with Crippen molar-refractivity contribution in [2.45, 2.75) is 11.8 Å². The summed E-state index contributed by atoms with van der Waals surface area (Å²) in [6, 6.07) is 6.78. The first-order valence-electron chi connectivity index (χ1n) is 4.83. The third-order valence-electron chi connectivity index (χ3n) is 1.95. The lowest BCUT2D eigenvalue weighted by atomic mass is 10.2. The van der Waals surface area contributed by atoms with Gasteiger partial charge in [0, 0.05) is 12.4 Å². The number of rotatable bonds is 5. The van der Waals surface area contributed by atoms with E-state index in [9.17, 15) is 8.42 Å². The monoisotopic (exact) mass is 259 g/mol. The largest absolute Gasteiger partial charge is 0.240 e. The normalized spacial score (nSPS) is 12.1. The Balaban J connectivity index is 2.75. The van der Waals surface area contributed by atoms with Gasteiger partial charge in [-0.2, -0.15) is 0 Å². The van der Waals surface area contributed by atoms with E-state index in [2.05, 4.69) is 4.72 Å². The highest BCUT2D eigenvalue weighted by Crippen LogP contribution is 2.10. The summed E-state index contributed by atoms with van der Waals surface area (Å²) in [5, 5.41) is 0. The number of alkyl halides is 1. The van der Waals surface area contributed by atoms with Gasteiger partial charge in [-0.1, -0.05) is 24.3 Å². The van der Waals surface area contributed by atoms with Crippen molar-refractivity contribution in [1.82, 2.24) is 4.72 Å². The molecule has 16 heavy (non-hydrogen) atoms. The highest BCUT2D eigenvalue weighted by molar-refractivity contribution is 7.89. The van der Waals surface area contributed by atoms with Gasteiger partial charge in [-0.05, 0) is 24.6 Å². The molecule has 1 aromatic rings. The molecule has 0 aromatic heterocycles. The van der Waals surface area contributed by atoms with E-state index >= 15 is 0 Å². The van der Waals surface area contributed by atoms with E-state index in [1.165, 1.54) is 0 Å². The van der Waals surface area contributed by atoms with Crippen LogP contribution in [0.25, 0.3) is 0 Å². The van der Waals surface area contributed by atoms with Gasteiger partial charge in [-0.25, -0.2) is 13.1 Å². The number of nitrogens with one attached hydrogen (secondary N) is 1. The molecule has 1 aromatic carbocycles. The molecule has 0 fully saturated rings. The van der Waals surface area contributed by atoms with E-state index in [1.54, 1.807) is 30.4 Å². The Bertz CT molecular complexity index is 469. The van der Waals surface area contributed by atoms with E-state index in [4.69, 9.17) is 11.6 Å². The van der Waals surface area contributed by atoms with Crippen molar-refractivity contribution in [2.75, 3.05) is 12.4 Å². The lowest BCUT2D eigenvalue weighted by Gasteiger charge is -2.04. The van der Waals surface area contributed by atoms with E-state index < -0.39 is 10.0 Å². The minimum Gasteiger partial charge on any atom is -0.207 e. The zero-order valence-electron chi connectivity index (χ0n) is 8.98. The van der Waals surface area contributed by atoms with Crippen LogP contribution in [0, 0.1) is 6.92 Å². The standard InChI is InChI=1S/C11H14ClNO2S/c1-10-5-4-6-11(9-10)16(14,15)13-8-3-2-7-12/h2-6,9,13H,7-8H2,1H3/b3-2+. The van der Waals surface area contributed by atoms with Crippen molar-refractivity contribution in [3.8, 4) is 0 Å². The van der Waals surface area contributed by atoms with Crippen LogP contribution in [0.4, 0.5) is 0 Å². The molecule has 88 valence electrons. The van der Waals surface area contributed by atoms with Gasteiger partial charge in [0.25, 0.3) is 0 Å². The quantitative estimate of drug-likeness (QED) is 0.650. The maximum absolute atomic E-state index is 11.8. The number of hydrogen-bond donors (Lipinski definition) is 1. The molecule has 0 unspecified atom stereocenters. The summed E-state index contributed by atoms with van der Waals surface area (Å²) in [6.45, 7) is 2.11. The van der Waals surface area contributed by atoms with Gasteiger partial charge in [0.1, 0.15) is 0 Å². The highest BCUT2D eigenvalue weighted by Gasteiger charge is 2.11. The number of sulfonamides is 1. The molecule has 1 rings (SSSR count). The van der Waals surface area contributed by atoms with Crippen LogP contribution >= 0.6 is 11.6 Å². The van der Waals surface area contributed by atoms with Crippen molar-refractivity contribution in [1.29, 1.82) is 0 Å². The molecule has 0 saturated carbocycles. The molecule has 0 bridgehead atoms. The van der Waals surface area contributed by atoms with Crippen LogP contribution in [0.2, 0.25) is 0 Å². The van der Waals surface area contributed by atoms with E-state index in [0.29, 0.717) is 5.88 Å². The Morgan fingerprint density at radius 3 is 2.75 bits per heavy atom. The molecule has 0 radical (unpaired) electrons. The Labute approximate surface area is 101 Å². The van der Waals surface area contributed by atoms with Gasteiger partial charge < -0.3 is 0 Å². The smallest absolute Gasteiger partial charge is 0.207 e. The van der Waals surface area contributed by atoms with Gasteiger partial charge >= 0.3 is 0 Å². The predicted molar refractivity (Wildman–Crippen MR) is 66.2 cm³/mol. The summed E-state index contributed by atoms with van der Waals surface area (Å²) < 4.78 is 26.0. The Hall–Kier alpha value is -0.840. The molecular weight excluding hydrogens is 246 g/mol. The maximum atomic E-state index is 11.8. The molecule has 0 amide bonds. The second-order valence-electron chi connectivity index (χ2n) is 3.29. The lowest BCUT2D eigenvalue weighted by molar-refractivity contribution is 0.585. The number of benzene rings is 1. The molecule has 0 saturated heterocycles. The van der Waals surface area contributed by atoms with Crippen molar-refractivity contribution < 1.29 is 8.42 Å².